The first-order chi connectivity index (χ1) is 9.36. The third-order valence-electron chi connectivity index (χ3n) is 4.29. The quantitative estimate of drug-likeness (QED) is 0.872. The molecule has 0 aromatic heterocycles. The van der Waals surface area contributed by atoms with Gasteiger partial charge in [0.1, 0.15) is 0 Å². The summed E-state index contributed by atoms with van der Waals surface area (Å²) in [5.74, 6) is 0.568. The second kappa shape index (κ2) is 5.58. The summed E-state index contributed by atoms with van der Waals surface area (Å²) in [6.07, 6.45) is 3.32. The van der Waals surface area contributed by atoms with Gasteiger partial charge in [-0.3, -0.25) is 0 Å². The highest BCUT2D eigenvalue weighted by molar-refractivity contribution is 5.34. The van der Waals surface area contributed by atoms with E-state index in [1.165, 1.54) is 17.5 Å². The summed E-state index contributed by atoms with van der Waals surface area (Å²) in [5, 5.41) is 10.7. The first-order valence-corrected chi connectivity index (χ1v) is 7.14. The van der Waals surface area contributed by atoms with Gasteiger partial charge in [0.15, 0.2) is 0 Å². The van der Waals surface area contributed by atoms with E-state index in [0.29, 0.717) is 5.92 Å². The fraction of sp³-hybridized carbons (Fsp3) is 0.333. The van der Waals surface area contributed by atoms with Gasteiger partial charge in [-0.25, -0.2) is 0 Å². The van der Waals surface area contributed by atoms with Crippen LogP contribution in [-0.2, 0) is 0 Å². The second-order valence-corrected chi connectivity index (χ2v) is 5.48. The Bertz CT molecular complexity index is 462. The van der Waals surface area contributed by atoms with Crippen molar-refractivity contribution in [1.82, 2.24) is 0 Å². The van der Waals surface area contributed by atoms with Crippen LogP contribution >= 0.6 is 0 Å². The van der Waals surface area contributed by atoms with Crippen LogP contribution in [0.1, 0.15) is 36.3 Å². The highest BCUT2D eigenvalue weighted by Crippen LogP contribution is 2.39. The van der Waals surface area contributed by atoms with Crippen molar-refractivity contribution < 1.29 is 5.11 Å². The second-order valence-electron chi connectivity index (χ2n) is 5.48. The van der Waals surface area contributed by atoms with E-state index in [0.717, 1.165) is 12.8 Å². The van der Waals surface area contributed by atoms with Crippen molar-refractivity contribution in [1.29, 1.82) is 0 Å². The summed E-state index contributed by atoms with van der Waals surface area (Å²) in [5.41, 5.74) is 2.43. The Hall–Kier alpha value is -1.60. The van der Waals surface area contributed by atoms with Gasteiger partial charge in [0, 0.05) is 5.92 Å². The topological polar surface area (TPSA) is 20.2 Å². The van der Waals surface area contributed by atoms with Gasteiger partial charge in [-0.1, -0.05) is 67.1 Å². The number of aliphatic hydroxyl groups excluding tert-OH is 1. The smallest absolute Gasteiger partial charge is 0.0677 e. The van der Waals surface area contributed by atoms with Crippen LogP contribution in [0.5, 0.6) is 0 Å². The lowest BCUT2D eigenvalue weighted by Gasteiger charge is -2.35. The van der Waals surface area contributed by atoms with Gasteiger partial charge in [-0.2, -0.15) is 0 Å². The molecule has 1 atom stereocenters. The minimum absolute atomic E-state index is 0.104. The Morgan fingerprint density at radius 2 is 1.26 bits per heavy atom. The van der Waals surface area contributed by atoms with Gasteiger partial charge in [-0.05, 0) is 29.9 Å². The van der Waals surface area contributed by atoms with E-state index in [1.54, 1.807) is 0 Å². The molecule has 0 bridgehead atoms. The summed E-state index contributed by atoms with van der Waals surface area (Å²) in [7, 11) is 0. The Kier molecular flexibility index (Phi) is 3.65. The SMILES string of the molecule is OC(C1CCC1)C(c1ccccc1)c1ccccc1. The van der Waals surface area contributed by atoms with Crippen molar-refractivity contribution in [3.63, 3.8) is 0 Å². The zero-order valence-corrected chi connectivity index (χ0v) is 11.1. The van der Waals surface area contributed by atoms with Crippen molar-refractivity contribution in [2.45, 2.75) is 31.3 Å². The molecule has 0 radical (unpaired) electrons. The molecule has 0 heterocycles. The minimum Gasteiger partial charge on any atom is -0.392 e. The third kappa shape index (κ3) is 2.57. The molecule has 19 heavy (non-hydrogen) atoms. The fourth-order valence-electron chi connectivity index (χ4n) is 2.96. The van der Waals surface area contributed by atoms with Crippen LogP contribution in [0, 0.1) is 5.92 Å². The standard InChI is InChI=1S/C18H20O/c19-18(16-12-7-13-16)17(14-8-3-1-4-9-14)15-10-5-2-6-11-15/h1-6,8-11,16-19H,7,12-13H2. The predicted octanol–water partition coefficient (Wildman–Crippen LogP) is 3.98. The monoisotopic (exact) mass is 252 g/mol. The molecule has 1 unspecified atom stereocenters. The van der Waals surface area contributed by atoms with Gasteiger partial charge in [-0.15, -0.1) is 0 Å². The average molecular weight is 252 g/mol. The van der Waals surface area contributed by atoms with Crippen LogP contribution in [0.2, 0.25) is 0 Å². The number of hydrogen-bond acceptors (Lipinski definition) is 1. The maximum absolute atomic E-state index is 10.7. The highest BCUT2D eigenvalue weighted by atomic mass is 16.3. The zero-order valence-electron chi connectivity index (χ0n) is 11.1. The van der Waals surface area contributed by atoms with Gasteiger partial charge in [0.25, 0.3) is 0 Å². The van der Waals surface area contributed by atoms with Crippen molar-refractivity contribution >= 4 is 0 Å². The van der Waals surface area contributed by atoms with Crippen LogP contribution in [0.15, 0.2) is 60.7 Å². The molecule has 2 aromatic rings. The first kappa shape index (κ1) is 12.4. The van der Waals surface area contributed by atoms with Crippen molar-refractivity contribution in [3.05, 3.63) is 71.8 Å². The van der Waals surface area contributed by atoms with E-state index in [9.17, 15) is 5.11 Å². The maximum Gasteiger partial charge on any atom is 0.0677 e. The van der Waals surface area contributed by atoms with Gasteiger partial charge >= 0.3 is 0 Å². The van der Waals surface area contributed by atoms with Crippen molar-refractivity contribution in [3.8, 4) is 0 Å². The molecule has 1 aliphatic carbocycles. The van der Waals surface area contributed by atoms with Crippen molar-refractivity contribution in [2.24, 2.45) is 5.92 Å². The Balaban J connectivity index is 1.96. The van der Waals surface area contributed by atoms with E-state index < -0.39 is 0 Å². The fourth-order valence-corrected chi connectivity index (χ4v) is 2.96. The lowest BCUT2D eigenvalue weighted by Crippen LogP contribution is -2.32. The molecule has 0 aliphatic heterocycles. The molecule has 1 saturated carbocycles. The number of benzene rings is 2. The summed E-state index contributed by atoms with van der Waals surface area (Å²) in [4.78, 5) is 0. The third-order valence-corrected chi connectivity index (χ3v) is 4.29. The molecule has 1 aliphatic rings. The molecule has 1 fully saturated rings. The normalized spacial score (nSPS) is 17.2. The molecule has 2 aromatic carbocycles. The average Bonchev–Trinajstić information content (AvgIpc) is 2.39. The molecular formula is C18H20O. The summed E-state index contributed by atoms with van der Waals surface area (Å²) in [6.45, 7) is 0. The summed E-state index contributed by atoms with van der Waals surface area (Å²) >= 11 is 0. The Labute approximate surface area is 114 Å². The number of aliphatic hydroxyl groups is 1. The van der Waals surface area contributed by atoms with Gasteiger partial charge in [0.05, 0.1) is 6.10 Å². The molecular weight excluding hydrogens is 232 g/mol. The van der Waals surface area contributed by atoms with Crippen LogP contribution in [0.4, 0.5) is 0 Å². The summed E-state index contributed by atoms with van der Waals surface area (Å²) in [6, 6.07) is 20.8. The maximum atomic E-state index is 10.7. The number of hydrogen-bond donors (Lipinski definition) is 1. The largest absolute Gasteiger partial charge is 0.392 e. The summed E-state index contributed by atoms with van der Waals surface area (Å²) < 4.78 is 0. The predicted molar refractivity (Wildman–Crippen MR) is 78.1 cm³/mol. The molecule has 0 amide bonds. The molecule has 1 N–H and O–H groups in total. The molecule has 1 nitrogen and oxygen atoms in total. The van der Waals surface area contributed by atoms with E-state index in [1.807, 2.05) is 12.1 Å². The Morgan fingerprint density at radius 1 is 0.789 bits per heavy atom. The molecule has 3 rings (SSSR count). The van der Waals surface area contributed by atoms with Crippen LogP contribution < -0.4 is 0 Å². The lowest BCUT2D eigenvalue weighted by atomic mass is 9.73. The highest BCUT2D eigenvalue weighted by Gasteiger charge is 2.33. The molecule has 98 valence electrons. The molecule has 0 saturated heterocycles. The number of rotatable bonds is 4. The van der Waals surface area contributed by atoms with Gasteiger partial charge < -0.3 is 5.11 Å². The van der Waals surface area contributed by atoms with Crippen LogP contribution in [0.3, 0.4) is 0 Å². The van der Waals surface area contributed by atoms with E-state index in [-0.39, 0.29) is 12.0 Å². The molecule has 0 spiro atoms. The minimum atomic E-state index is -0.265. The van der Waals surface area contributed by atoms with Crippen LogP contribution in [0.25, 0.3) is 0 Å². The van der Waals surface area contributed by atoms with Gasteiger partial charge in [0.2, 0.25) is 0 Å². The Morgan fingerprint density at radius 3 is 1.63 bits per heavy atom. The zero-order chi connectivity index (χ0) is 13.1. The van der Waals surface area contributed by atoms with E-state index >= 15 is 0 Å². The van der Waals surface area contributed by atoms with E-state index in [4.69, 9.17) is 0 Å². The first-order valence-electron chi connectivity index (χ1n) is 7.14. The van der Waals surface area contributed by atoms with E-state index in [2.05, 4.69) is 48.5 Å². The van der Waals surface area contributed by atoms with Crippen LogP contribution in [-0.4, -0.2) is 11.2 Å². The lowest BCUT2D eigenvalue weighted by molar-refractivity contribution is 0.0496. The molecule has 1 heteroatoms. The van der Waals surface area contributed by atoms with Crippen molar-refractivity contribution in [2.75, 3.05) is 0 Å².